The number of halogens is 1. The summed E-state index contributed by atoms with van der Waals surface area (Å²) in [6.07, 6.45) is 3.62. The zero-order valence-electron chi connectivity index (χ0n) is 11.2. The molecule has 0 saturated heterocycles. The molecule has 2 rings (SSSR count). The third-order valence-electron chi connectivity index (χ3n) is 3.63. The average molecular weight is 269 g/mol. The van der Waals surface area contributed by atoms with Crippen LogP contribution in [0.4, 0.5) is 11.5 Å². The van der Waals surface area contributed by atoms with Gasteiger partial charge in [-0.3, -0.25) is 0 Å². The predicted octanol–water partition coefficient (Wildman–Crippen LogP) is 3.26. The number of anilines is 2. The maximum atomic E-state index is 5.99. The molecular weight excluding hydrogens is 248 g/mol. The molecule has 0 bridgehead atoms. The van der Waals surface area contributed by atoms with Crippen LogP contribution in [0.3, 0.4) is 0 Å². The van der Waals surface area contributed by atoms with E-state index in [-0.39, 0.29) is 5.28 Å². The van der Waals surface area contributed by atoms with E-state index in [2.05, 4.69) is 29.1 Å². The van der Waals surface area contributed by atoms with E-state index in [9.17, 15) is 0 Å². The van der Waals surface area contributed by atoms with Crippen molar-refractivity contribution in [3.05, 3.63) is 11.0 Å². The number of hydrogen-bond acceptors (Lipinski definition) is 4. The van der Waals surface area contributed by atoms with Gasteiger partial charge in [0.15, 0.2) is 5.82 Å². The summed E-state index contributed by atoms with van der Waals surface area (Å²) in [6, 6.07) is 0.427. The van der Waals surface area contributed by atoms with Crippen LogP contribution < -0.4 is 11.1 Å². The second-order valence-corrected chi connectivity index (χ2v) is 5.94. The standard InChI is InChI=1S/C13H21ClN4/c1-7-4-8(2)6-10(5-7)17-12-11(15)9(3)16-13(14)18-12/h7-8,10H,4-6,15H2,1-3H3,(H,16,17,18). The van der Waals surface area contributed by atoms with Gasteiger partial charge in [0.2, 0.25) is 5.28 Å². The summed E-state index contributed by atoms with van der Waals surface area (Å²) in [5.74, 6) is 2.16. The highest BCUT2D eigenvalue weighted by Crippen LogP contribution is 2.31. The topological polar surface area (TPSA) is 63.8 Å². The third kappa shape index (κ3) is 3.05. The fourth-order valence-electron chi connectivity index (χ4n) is 2.92. The van der Waals surface area contributed by atoms with E-state index < -0.39 is 0 Å². The molecule has 1 saturated carbocycles. The van der Waals surface area contributed by atoms with Crippen LogP contribution in [0.2, 0.25) is 5.28 Å². The molecule has 5 heteroatoms. The van der Waals surface area contributed by atoms with Gasteiger partial charge in [-0.25, -0.2) is 4.98 Å². The normalized spacial score (nSPS) is 28.1. The van der Waals surface area contributed by atoms with Crippen LogP contribution in [0.1, 0.15) is 38.8 Å². The number of nitrogens with zero attached hydrogens (tertiary/aromatic N) is 2. The van der Waals surface area contributed by atoms with Gasteiger partial charge in [-0.15, -0.1) is 0 Å². The molecule has 0 spiro atoms. The summed E-state index contributed by atoms with van der Waals surface area (Å²) in [5.41, 5.74) is 7.32. The van der Waals surface area contributed by atoms with E-state index in [1.807, 2.05) is 6.92 Å². The number of hydrogen-bond donors (Lipinski definition) is 2. The summed E-state index contributed by atoms with van der Waals surface area (Å²) in [7, 11) is 0. The van der Waals surface area contributed by atoms with Crippen molar-refractivity contribution in [3.63, 3.8) is 0 Å². The van der Waals surface area contributed by atoms with Gasteiger partial charge in [0.05, 0.1) is 11.4 Å². The first-order valence-corrected chi connectivity index (χ1v) is 6.89. The number of nitrogen functional groups attached to an aromatic ring is 1. The molecule has 18 heavy (non-hydrogen) atoms. The van der Waals surface area contributed by atoms with E-state index in [1.165, 1.54) is 6.42 Å². The quantitative estimate of drug-likeness (QED) is 0.808. The molecule has 1 fully saturated rings. The molecule has 0 aliphatic heterocycles. The van der Waals surface area contributed by atoms with Crippen LogP contribution in [0.5, 0.6) is 0 Å². The molecule has 4 nitrogen and oxygen atoms in total. The zero-order chi connectivity index (χ0) is 13.3. The maximum Gasteiger partial charge on any atom is 0.224 e. The Kier molecular flexibility index (Phi) is 3.95. The zero-order valence-corrected chi connectivity index (χ0v) is 12.0. The number of nitrogens with one attached hydrogen (secondary N) is 1. The smallest absolute Gasteiger partial charge is 0.224 e. The Balaban J connectivity index is 2.14. The average Bonchev–Trinajstić information content (AvgIpc) is 2.23. The second-order valence-electron chi connectivity index (χ2n) is 5.60. The molecule has 100 valence electrons. The van der Waals surface area contributed by atoms with Crippen molar-refractivity contribution >= 4 is 23.1 Å². The second kappa shape index (κ2) is 5.31. The van der Waals surface area contributed by atoms with Gasteiger partial charge in [-0.2, -0.15) is 4.98 Å². The fourth-order valence-corrected chi connectivity index (χ4v) is 3.13. The monoisotopic (exact) mass is 268 g/mol. The van der Waals surface area contributed by atoms with Crippen LogP contribution >= 0.6 is 11.6 Å². The molecule has 1 heterocycles. The van der Waals surface area contributed by atoms with Crippen molar-refractivity contribution in [2.45, 2.75) is 46.1 Å². The van der Waals surface area contributed by atoms with Gasteiger partial charge in [0.1, 0.15) is 0 Å². The van der Waals surface area contributed by atoms with Crippen LogP contribution in [-0.4, -0.2) is 16.0 Å². The van der Waals surface area contributed by atoms with Crippen LogP contribution in [-0.2, 0) is 0 Å². The highest BCUT2D eigenvalue weighted by atomic mass is 35.5. The molecule has 1 aromatic heterocycles. The Bertz CT molecular complexity index is 425. The van der Waals surface area contributed by atoms with Crippen LogP contribution in [0.15, 0.2) is 0 Å². The molecule has 2 unspecified atom stereocenters. The van der Waals surface area contributed by atoms with Crippen molar-refractivity contribution in [1.29, 1.82) is 0 Å². The minimum atomic E-state index is 0.251. The van der Waals surface area contributed by atoms with Crippen molar-refractivity contribution in [1.82, 2.24) is 9.97 Å². The van der Waals surface area contributed by atoms with E-state index in [0.717, 1.165) is 30.4 Å². The lowest BCUT2D eigenvalue weighted by Gasteiger charge is -2.32. The van der Waals surface area contributed by atoms with Crippen molar-refractivity contribution in [3.8, 4) is 0 Å². The minimum absolute atomic E-state index is 0.251. The molecule has 3 N–H and O–H groups in total. The van der Waals surface area contributed by atoms with Crippen molar-refractivity contribution in [2.75, 3.05) is 11.1 Å². The van der Waals surface area contributed by atoms with E-state index in [0.29, 0.717) is 17.5 Å². The summed E-state index contributed by atoms with van der Waals surface area (Å²) >= 11 is 5.88. The molecule has 1 aliphatic rings. The third-order valence-corrected chi connectivity index (χ3v) is 3.80. The first-order valence-electron chi connectivity index (χ1n) is 6.51. The molecule has 2 atom stereocenters. The van der Waals surface area contributed by atoms with Crippen molar-refractivity contribution < 1.29 is 0 Å². The summed E-state index contributed by atoms with van der Waals surface area (Å²) in [4.78, 5) is 8.24. The summed E-state index contributed by atoms with van der Waals surface area (Å²) < 4.78 is 0. The first-order chi connectivity index (χ1) is 8.45. The Morgan fingerprint density at radius 3 is 2.39 bits per heavy atom. The van der Waals surface area contributed by atoms with Crippen LogP contribution in [0.25, 0.3) is 0 Å². The lowest BCUT2D eigenvalue weighted by Crippen LogP contribution is -2.31. The van der Waals surface area contributed by atoms with E-state index >= 15 is 0 Å². The highest BCUT2D eigenvalue weighted by molar-refractivity contribution is 6.28. The van der Waals surface area contributed by atoms with E-state index in [4.69, 9.17) is 17.3 Å². The predicted molar refractivity (Wildman–Crippen MR) is 75.8 cm³/mol. The summed E-state index contributed by atoms with van der Waals surface area (Å²) in [6.45, 7) is 6.44. The van der Waals surface area contributed by atoms with Gasteiger partial charge in [0, 0.05) is 6.04 Å². The Morgan fingerprint density at radius 2 is 1.78 bits per heavy atom. The molecular formula is C13H21ClN4. The maximum absolute atomic E-state index is 5.99. The summed E-state index contributed by atoms with van der Waals surface area (Å²) in [5, 5.41) is 3.68. The minimum Gasteiger partial charge on any atom is -0.394 e. The molecule has 1 aromatic rings. The van der Waals surface area contributed by atoms with Gasteiger partial charge in [-0.05, 0) is 49.6 Å². The van der Waals surface area contributed by atoms with Gasteiger partial charge in [0.25, 0.3) is 0 Å². The molecule has 1 aliphatic carbocycles. The van der Waals surface area contributed by atoms with Crippen molar-refractivity contribution in [2.24, 2.45) is 11.8 Å². The van der Waals surface area contributed by atoms with Gasteiger partial charge >= 0.3 is 0 Å². The number of nitrogens with two attached hydrogens (primary N) is 1. The lowest BCUT2D eigenvalue weighted by molar-refractivity contribution is 0.280. The SMILES string of the molecule is Cc1nc(Cl)nc(NC2CC(C)CC(C)C2)c1N. The van der Waals surface area contributed by atoms with Crippen LogP contribution in [0, 0.1) is 18.8 Å². The lowest BCUT2D eigenvalue weighted by atomic mass is 9.80. The Hall–Kier alpha value is -1.03. The number of aromatic nitrogens is 2. The number of rotatable bonds is 2. The Morgan fingerprint density at radius 1 is 1.17 bits per heavy atom. The largest absolute Gasteiger partial charge is 0.394 e. The molecule has 0 amide bonds. The molecule has 0 radical (unpaired) electrons. The molecule has 0 aromatic carbocycles. The fraction of sp³-hybridized carbons (Fsp3) is 0.692. The highest BCUT2D eigenvalue weighted by Gasteiger charge is 2.24. The number of aryl methyl sites for hydroxylation is 1. The van der Waals surface area contributed by atoms with Gasteiger partial charge in [-0.1, -0.05) is 13.8 Å². The first kappa shape index (κ1) is 13.4. The Labute approximate surface area is 113 Å². The van der Waals surface area contributed by atoms with Gasteiger partial charge < -0.3 is 11.1 Å². The van der Waals surface area contributed by atoms with E-state index in [1.54, 1.807) is 0 Å².